The molecule has 2 rings (SSSR count). The Morgan fingerprint density at radius 1 is 1.37 bits per heavy atom. The molecule has 0 radical (unpaired) electrons. The maximum Gasteiger partial charge on any atom is 0.175 e. The molecule has 102 valence electrons. The van der Waals surface area contributed by atoms with E-state index in [1.807, 2.05) is 24.6 Å². The maximum absolute atomic E-state index is 11.5. The van der Waals surface area contributed by atoms with Crippen LogP contribution in [0.25, 0.3) is 0 Å². The van der Waals surface area contributed by atoms with Crippen molar-refractivity contribution in [1.82, 2.24) is 9.55 Å². The molecule has 0 saturated heterocycles. The van der Waals surface area contributed by atoms with Crippen LogP contribution in [-0.4, -0.2) is 24.2 Å². The molecule has 19 heavy (non-hydrogen) atoms. The fourth-order valence-electron chi connectivity index (χ4n) is 1.76. The van der Waals surface area contributed by atoms with Gasteiger partial charge in [-0.2, -0.15) is 0 Å². The number of aryl methyl sites for hydroxylation is 2. The highest BCUT2D eigenvalue weighted by molar-refractivity contribution is 7.90. The van der Waals surface area contributed by atoms with Crippen molar-refractivity contribution in [2.45, 2.75) is 18.4 Å². The third-order valence-corrected chi connectivity index (χ3v) is 4.12. The van der Waals surface area contributed by atoms with Crippen LogP contribution in [0.15, 0.2) is 35.6 Å². The minimum absolute atomic E-state index is 0.325. The van der Waals surface area contributed by atoms with Gasteiger partial charge in [-0.25, -0.2) is 13.4 Å². The highest BCUT2D eigenvalue weighted by Gasteiger charge is 2.09. The normalized spacial score (nSPS) is 11.5. The number of sulfone groups is 1. The van der Waals surface area contributed by atoms with Crippen molar-refractivity contribution in [3.63, 3.8) is 0 Å². The summed E-state index contributed by atoms with van der Waals surface area (Å²) in [5.74, 6) is 0. The first-order valence-corrected chi connectivity index (χ1v) is 7.77. The van der Waals surface area contributed by atoms with Gasteiger partial charge in [0.05, 0.1) is 23.5 Å². The summed E-state index contributed by atoms with van der Waals surface area (Å²) in [6.07, 6.45) is 4.72. The van der Waals surface area contributed by atoms with Gasteiger partial charge in [-0.15, -0.1) is 0 Å². The first kappa shape index (κ1) is 13.6. The minimum atomic E-state index is -3.18. The van der Waals surface area contributed by atoms with Gasteiger partial charge in [0.1, 0.15) is 0 Å². The van der Waals surface area contributed by atoms with Crippen molar-refractivity contribution in [3.8, 4) is 0 Å². The molecule has 2 aromatic rings. The average Bonchev–Trinajstić information content (AvgIpc) is 2.72. The van der Waals surface area contributed by atoms with Crippen LogP contribution >= 0.6 is 0 Å². The number of imidazole rings is 1. The van der Waals surface area contributed by atoms with Crippen molar-refractivity contribution < 1.29 is 8.42 Å². The molecule has 1 aromatic carbocycles. The zero-order chi connectivity index (χ0) is 14.0. The molecule has 6 heteroatoms. The van der Waals surface area contributed by atoms with Crippen LogP contribution in [0, 0.1) is 6.92 Å². The van der Waals surface area contributed by atoms with Gasteiger partial charge in [0, 0.05) is 25.2 Å². The fraction of sp³-hybridized carbons (Fsp3) is 0.308. The Balaban J connectivity index is 2.23. The lowest BCUT2D eigenvalue weighted by molar-refractivity contribution is 0.602. The topological polar surface area (TPSA) is 64.0 Å². The number of rotatable bonds is 4. The molecule has 0 unspecified atom stereocenters. The summed E-state index contributed by atoms with van der Waals surface area (Å²) in [7, 11) is -1.26. The largest absolute Gasteiger partial charge is 0.379 e. The van der Waals surface area contributed by atoms with Crippen LogP contribution in [0.1, 0.15) is 11.3 Å². The summed E-state index contributed by atoms with van der Waals surface area (Å²) in [5, 5.41) is 3.24. The number of benzene rings is 1. The standard InChI is InChI=1S/C13H17N3O2S/c1-10-4-5-12(19(3,17)18)6-13(10)15-8-11-7-14-9-16(11)2/h4-7,9,15H,8H2,1-3H3. The lowest BCUT2D eigenvalue weighted by atomic mass is 10.2. The summed E-state index contributed by atoms with van der Waals surface area (Å²) in [5.41, 5.74) is 2.86. The predicted molar refractivity (Wildman–Crippen MR) is 74.8 cm³/mol. The Labute approximate surface area is 113 Å². The molecule has 0 aliphatic carbocycles. The van der Waals surface area contributed by atoms with E-state index in [4.69, 9.17) is 0 Å². The molecule has 5 nitrogen and oxygen atoms in total. The quantitative estimate of drug-likeness (QED) is 0.926. The molecule has 0 fully saturated rings. The average molecular weight is 279 g/mol. The number of aromatic nitrogens is 2. The van der Waals surface area contributed by atoms with E-state index in [0.29, 0.717) is 11.4 Å². The van der Waals surface area contributed by atoms with Gasteiger partial charge in [0.15, 0.2) is 9.84 Å². The molecule has 0 spiro atoms. The van der Waals surface area contributed by atoms with Gasteiger partial charge < -0.3 is 9.88 Å². The second-order valence-electron chi connectivity index (χ2n) is 4.60. The number of nitrogens with zero attached hydrogens (tertiary/aromatic N) is 2. The Morgan fingerprint density at radius 2 is 2.11 bits per heavy atom. The van der Waals surface area contributed by atoms with Crippen molar-refractivity contribution in [2.75, 3.05) is 11.6 Å². The third kappa shape index (κ3) is 3.14. The lowest BCUT2D eigenvalue weighted by Crippen LogP contribution is -2.06. The first-order valence-electron chi connectivity index (χ1n) is 5.87. The number of hydrogen-bond acceptors (Lipinski definition) is 4. The van der Waals surface area contributed by atoms with Gasteiger partial charge in [-0.05, 0) is 24.6 Å². The minimum Gasteiger partial charge on any atom is -0.379 e. The molecule has 0 amide bonds. The number of anilines is 1. The van der Waals surface area contributed by atoms with Crippen LogP contribution in [0.5, 0.6) is 0 Å². The summed E-state index contributed by atoms with van der Waals surface area (Å²) < 4.78 is 25.0. The number of nitrogens with one attached hydrogen (secondary N) is 1. The van der Waals surface area contributed by atoms with E-state index in [-0.39, 0.29) is 0 Å². The summed E-state index contributed by atoms with van der Waals surface area (Å²) >= 11 is 0. The Bertz CT molecular complexity index is 690. The summed E-state index contributed by atoms with van der Waals surface area (Å²) in [6.45, 7) is 2.54. The Kier molecular flexibility index (Phi) is 3.61. The molecule has 1 heterocycles. The van der Waals surface area contributed by atoms with Crippen LogP contribution in [0.2, 0.25) is 0 Å². The third-order valence-electron chi connectivity index (χ3n) is 3.01. The Morgan fingerprint density at radius 3 is 2.68 bits per heavy atom. The van der Waals surface area contributed by atoms with Gasteiger partial charge in [0.25, 0.3) is 0 Å². The monoisotopic (exact) mass is 279 g/mol. The molecular formula is C13H17N3O2S. The van der Waals surface area contributed by atoms with Crippen molar-refractivity contribution in [3.05, 3.63) is 42.0 Å². The second-order valence-corrected chi connectivity index (χ2v) is 6.61. The molecule has 0 bridgehead atoms. The molecule has 0 saturated carbocycles. The Hall–Kier alpha value is -1.82. The van der Waals surface area contributed by atoms with Crippen LogP contribution in [-0.2, 0) is 23.4 Å². The molecule has 1 N–H and O–H groups in total. The van der Waals surface area contributed by atoms with Gasteiger partial charge in [0.2, 0.25) is 0 Å². The lowest BCUT2D eigenvalue weighted by Gasteiger charge is -2.11. The SMILES string of the molecule is Cc1ccc(S(C)(=O)=O)cc1NCc1cncn1C. The highest BCUT2D eigenvalue weighted by atomic mass is 32.2. The smallest absolute Gasteiger partial charge is 0.175 e. The second kappa shape index (κ2) is 5.05. The first-order chi connectivity index (χ1) is 8.88. The van der Waals surface area contributed by atoms with Crippen molar-refractivity contribution in [1.29, 1.82) is 0 Å². The predicted octanol–water partition coefficient (Wildman–Crippen LogP) is 1.74. The van der Waals surface area contributed by atoms with Crippen molar-refractivity contribution >= 4 is 15.5 Å². The van der Waals surface area contributed by atoms with Crippen molar-refractivity contribution in [2.24, 2.45) is 7.05 Å². The molecule has 0 atom stereocenters. The van der Waals surface area contributed by atoms with E-state index in [9.17, 15) is 8.42 Å². The maximum atomic E-state index is 11.5. The summed E-state index contributed by atoms with van der Waals surface area (Å²) in [6, 6.07) is 5.10. The zero-order valence-electron chi connectivity index (χ0n) is 11.2. The fourth-order valence-corrected chi connectivity index (χ4v) is 2.41. The summed E-state index contributed by atoms with van der Waals surface area (Å²) in [4.78, 5) is 4.36. The van der Waals surface area contributed by atoms with Gasteiger partial charge in [-0.1, -0.05) is 6.07 Å². The van der Waals surface area contributed by atoms with E-state index in [1.54, 1.807) is 24.7 Å². The van der Waals surface area contributed by atoms with E-state index in [2.05, 4.69) is 10.3 Å². The van der Waals surface area contributed by atoms with Crippen LogP contribution in [0.4, 0.5) is 5.69 Å². The van der Waals surface area contributed by atoms with Gasteiger partial charge >= 0.3 is 0 Å². The van der Waals surface area contributed by atoms with E-state index < -0.39 is 9.84 Å². The van der Waals surface area contributed by atoms with E-state index in [0.717, 1.165) is 16.9 Å². The van der Waals surface area contributed by atoms with Gasteiger partial charge in [-0.3, -0.25) is 0 Å². The number of hydrogen-bond donors (Lipinski definition) is 1. The van der Waals surface area contributed by atoms with E-state index in [1.165, 1.54) is 6.26 Å². The molecule has 0 aliphatic rings. The van der Waals surface area contributed by atoms with Crippen LogP contribution < -0.4 is 5.32 Å². The van der Waals surface area contributed by atoms with E-state index >= 15 is 0 Å². The highest BCUT2D eigenvalue weighted by Crippen LogP contribution is 2.20. The molecule has 1 aromatic heterocycles. The van der Waals surface area contributed by atoms with Crippen LogP contribution in [0.3, 0.4) is 0 Å². The molecule has 0 aliphatic heterocycles. The molecular weight excluding hydrogens is 262 g/mol. The zero-order valence-corrected chi connectivity index (χ0v) is 12.0.